The summed E-state index contributed by atoms with van der Waals surface area (Å²) in [6.45, 7) is 2.41. The van der Waals surface area contributed by atoms with Gasteiger partial charge in [-0.3, -0.25) is 9.59 Å². The van der Waals surface area contributed by atoms with Gasteiger partial charge in [0.15, 0.2) is 0 Å². The topological polar surface area (TPSA) is 71.3 Å². The Bertz CT molecular complexity index is 1030. The van der Waals surface area contributed by atoms with Gasteiger partial charge in [-0.1, -0.05) is 41.4 Å². The van der Waals surface area contributed by atoms with E-state index in [4.69, 9.17) is 16.0 Å². The number of furan rings is 1. The molecule has 2 aromatic carbocycles. The number of rotatable bonds is 9. The Labute approximate surface area is 190 Å². The number of aryl methyl sites for hydroxylation is 1. The zero-order valence-corrected chi connectivity index (χ0v) is 18.6. The average Bonchev–Trinajstić information content (AvgIpc) is 3.28. The number of hydrogen-bond donors (Lipinski definition) is 2. The summed E-state index contributed by atoms with van der Waals surface area (Å²) in [6.07, 6.45) is 3.03. The molecule has 0 spiro atoms. The Morgan fingerprint density at radius 2 is 1.81 bits per heavy atom. The van der Waals surface area contributed by atoms with Crippen molar-refractivity contribution in [2.75, 3.05) is 12.3 Å². The zero-order chi connectivity index (χ0) is 22.1. The van der Waals surface area contributed by atoms with Gasteiger partial charge in [0.1, 0.15) is 11.5 Å². The second kappa shape index (κ2) is 11.4. The molecule has 0 aliphatic carbocycles. The van der Waals surface area contributed by atoms with E-state index in [-0.39, 0.29) is 17.5 Å². The summed E-state index contributed by atoms with van der Waals surface area (Å²) in [4.78, 5) is 25.3. The standard InChI is InChI=1S/C24H23ClN2O3S/c1-17-4-8-19(9-5-17)23(28)27-22(15-21-3-2-13-30-21)24(29)26-12-14-31-16-18-6-10-20(25)11-7-18/h2-11,13,15H,12,14,16H2,1H3,(H,26,29)(H,27,28)/b22-15-. The second-order valence-electron chi connectivity index (χ2n) is 6.83. The van der Waals surface area contributed by atoms with Crippen molar-refractivity contribution < 1.29 is 14.0 Å². The highest BCUT2D eigenvalue weighted by Gasteiger charge is 2.15. The SMILES string of the molecule is Cc1ccc(C(=O)N/C(=C\c2ccco2)C(=O)NCCSCc2ccc(Cl)cc2)cc1. The van der Waals surface area contributed by atoms with Gasteiger partial charge < -0.3 is 15.1 Å². The molecule has 0 atom stereocenters. The van der Waals surface area contributed by atoms with Crippen LogP contribution in [0.3, 0.4) is 0 Å². The van der Waals surface area contributed by atoms with E-state index >= 15 is 0 Å². The maximum atomic E-state index is 12.7. The molecule has 1 heterocycles. The van der Waals surface area contributed by atoms with Crippen LogP contribution in [0.15, 0.2) is 77.0 Å². The molecular weight excluding hydrogens is 432 g/mol. The summed E-state index contributed by atoms with van der Waals surface area (Å²) in [5.74, 6) is 1.31. The summed E-state index contributed by atoms with van der Waals surface area (Å²) in [5, 5.41) is 6.26. The lowest BCUT2D eigenvalue weighted by Gasteiger charge is -2.11. The van der Waals surface area contributed by atoms with E-state index in [1.54, 1.807) is 36.0 Å². The molecule has 0 bridgehead atoms. The monoisotopic (exact) mass is 454 g/mol. The van der Waals surface area contributed by atoms with Crippen LogP contribution in [0.2, 0.25) is 5.02 Å². The van der Waals surface area contributed by atoms with Gasteiger partial charge in [-0.15, -0.1) is 0 Å². The molecule has 1 aromatic heterocycles. The van der Waals surface area contributed by atoms with Crippen LogP contribution in [0.5, 0.6) is 0 Å². The highest BCUT2D eigenvalue weighted by molar-refractivity contribution is 7.98. The first-order valence-corrected chi connectivity index (χ1v) is 11.3. The second-order valence-corrected chi connectivity index (χ2v) is 8.37. The van der Waals surface area contributed by atoms with Crippen molar-refractivity contribution >= 4 is 41.3 Å². The molecule has 0 aliphatic rings. The minimum atomic E-state index is -0.371. The number of halogens is 1. The summed E-state index contributed by atoms with van der Waals surface area (Å²) in [5.41, 5.74) is 2.83. The Balaban J connectivity index is 1.55. The van der Waals surface area contributed by atoms with Crippen molar-refractivity contribution in [3.8, 4) is 0 Å². The first kappa shape index (κ1) is 22.7. The van der Waals surface area contributed by atoms with E-state index in [9.17, 15) is 9.59 Å². The lowest BCUT2D eigenvalue weighted by molar-refractivity contribution is -0.117. The average molecular weight is 455 g/mol. The maximum absolute atomic E-state index is 12.7. The molecule has 0 unspecified atom stereocenters. The smallest absolute Gasteiger partial charge is 0.267 e. The van der Waals surface area contributed by atoms with Crippen molar-refractivity contribution in [2.24, 2.45) is 0 Å². The van der Waals surface area contributed by atoms with Crippen LogP contribution in [0, 0.1) is 6.92 Å². The molecule has 2 amide bonds. The summed E-state index contributed by atoms with van der Waals surface area (Å²) in [7, 11) is 0. The molecule has 3 rings (SSSR count). The normalized spacial score (nSPS) is 11.2. The van der Waals surface area contributed by atoms with Crippen molar-refractivity contribution in [1.29, 1.82) is 0 Å². The van der Waals surface area contributed by atoms with Crippen LogP contribution < -0.4 is 10.6 Å². The molecule has 5 nitrogen and oxygen atoms in total. The molecule has 2 N–H and O–H groups in total. The molecule has 3 aromatic rings. The maximum Gasteiger partial charge on any atom is 0.267 e. The number of carbonyl (C=O) groups excluding carboxylic acids is 2. The van der Waals surface area contributed by atoms with Gasteiger partial charge >= 0.3 is 0 Å². The fraction of sp³-hybridized carbons (Fsp3) is 0.167. The van der Waals surface area contributed by atoms with E-state index < -0.39 is 0 Å². The summed E-state index contributed by atoms with van der Waals surface area (Å²) < 4.78 is 5.30. The van der Waals surface area contributed by atoms with E-state index in [0.29, 0.717) is 22.9 Å². The Morgan fingerprint density at radius 3 is 2.48 bits per heavy atom. The van der Waals surface area contributed by atoms with Crippen molar-refractivity contribution in [3.05, 3.63) is 100 Å². The number of thioether (sulfide) groups is 1. The molecule has 31 heavy (non-hydrogen) atoms. The van der Waals surface area contributed by atoms with Crippen LogP contribution in [0.4, 0.5) is 0 Å². The third-order valence-electron chi connectivity index (χ3n) is 4.35. The van der Waals surface area contributed by atoms with Crippen LogP contribution in [0.25, 0.3) is 6.08 Å². The Hall–Kier alpha value is -2.96. The Kier molecular flexibility index (Phi) is 8.38. The van der Waals surface area contributed by atoms with Gasteiger partial charge in [0.25, 0.3) is 11.8 Å². The van der Waals surface area contributed by atoms with Gasteiger partial charge in [-0.2, -0.15) is 11.8 Å². The lowest BCUT2D eigenvalue weighted by Crippen LogP contribution is -2.35. The van der Waals surface area contributed by atoms with Crippen LogP contribution >= 0.6 is 23.4 Å². The number of hydrogen-bond acceptors (Lipinski definition) is 4. The quantitative estimate of drug-likeness (QED) is 0.350. The van der Waals surface area contributed by atoms with Crippen LogP contribution in [0.1, 0.15) is 27.2 Å². The predicted molar refractivity (Wildman–Crippen MR) is 126 cm³/mol. The molecule has 160 valence electrons. The lowest BCUT2D eigenvalue weighted by atomic mass is 10.1. The highest BCUT2D eigenvalue weighted by Crippen LogP contribution is 2.15. The van der Waals surface area contributed by atoms with Gasteiger partial charge in [0.05, 0.1) is 6.26 Å². The fourth-order valence-electron chi connectivity index (χ4n) is 2.68. The minimum Gasteiger partial charge on any atom is -0.465 e. The van der Waals surface area contributed by atoms with E-state index in [2.05, 4.69) is 10.6 Å². The number of nitrogens with one attached hydrogen (secondary N) is 2. The molecule has 0 saturated heterocycles. The molecule has 0 fully saturated rings. The number of carbonyl (C=O) groups is 2. The van der Waals surface area contributed by atoms with E-state index in [1.807, 2.05) is 43.3 Å². The molecule has 7 heteroatoms. The third-order valence-corrected chi connectivity index (χ3v) is 5.63. The van der Waals surface area contributed by atoms with Crippen molar-refractivity contribution in [3.63, 3.8) is 0 Å². The predicted octanol–water partition coefficient (Wildman–Crippen LogP) is 5.06. The van der Waals surface area contributed by atoms with Crippen LogP contribution in [-0.4, -0.2) is 24.1 Å². The Morgan fingerprint density at radius 1 is 1.06 bits per heavy atom. The fourth-order valence-corrected chi connectivity index (χ4v) is 3.62. The molecule has 0 aliphatic heterocycles. The van der Waals surface area contributed by atoms with Gasteiger partial charge in [-0.05, 0) is 48.9 Å². The molecular formula is C24H23ClN2O3S. The molecule has 0 radical (unpaired) electrons. The highest BCUT2D eigenvalue weighted by atomic mass is 35.5. The van der Waals surface area contributed by atoms with E-state index in [1.165, 1.54) is 17.9 Å². The van der Waals surface area contributed by atoms with Crippen molar-refractivity contribution in [2.45, 2.75) is 12.7 Å². The number of benzene rings is 2. The van der Waals surface area contributed by atoms with Crippen molar-refractivity contribution in [1.82, 2.24) is 10.6 Å². The minimum absolute atomic E-state index is 0.128. The van der Waals surface area contributed by atoms with Gasteiger partial charge in [0.2, 0.25) is 0 Å². The molecule has 0 saturated carbocycles. The summed E-state index contributed by atoms with van der Waals surface area (Å²) in [6, 6.07) is 18.3. The first-order chi connectivity index (χ1) is 15.0. The first-order valence-electron chi connectivity index (χ1n) is 9.75. The third kappa shape index (κ3) is 7.35. The largest absolute Gasteiger partial charge is 0.465 e. The van der Waals surface area contributed by atoms with Gasteiger partial charge in [0, 0.05) is 34.7 Å². The summed E-state index contributed by atoms with van der Waals surface area (Å²) >= 11 is 7.60. The van der Waals surface area contributed by atoms with Crippen LogP contribution in [-0.2, 0) is 10.5 Å². The zero-order valence-electron chi connectivity index (χ0n) is 17.1. The van der Waals surface area contributed by atoms with Gasteiger partial charge in [-0.25, -0.2) is 0 Å². The number of amides is 2. The van der Waals surface area contributed by atoms with E-state index in [0.717, 1.165) is 17.1 Å².